The van der Waals surface area contributed by atoms with E-state index in [1.807, 2.05) is 0 Å². The van der Waals surface area contributed by atoms with Crippen LogP contribution in [0.5, 0.6) is 5.75 Å². The molecule has 144 valence electrons. The third kappa shape index (κ3) is 9.87. The van der Waals surface area contributed by atoms with Crippen molar-refractivity contribution < 1.29 is 24.2 Å². The number of esters is 1. The highest BCUT2D eigenvalue weighted by molar-refractivity contribution is 5.87. The fraction of sp³-hybridized carbons (Fsp3) is 0.524. The van der Waals surface area contributed by atoms with Gasteiger partial charge in [-0.2, -0.15) is 0 Å². The topological polar surface area (TPSA) is 72.8 Å². The van der Waals surface area contributed by atoms with Crippen molar-refractivity contribution in [2.75, 3.05) is 13.2 Å². The van der Waals surface area contributed by atoms with E-state index in [9.17, 15) is 9.59 Å². The lowest BCUT2D eigenvalue weighted by molar-refractivity contribution is -0.139. The summed E-state index contributed by atoms with van der Waals surface area (Å²) in [5.41, 5.74) is 0.720. The molecule has 5 nitrogen and oxygen atoms in total. The minimum atomic E-state index is -0.926. The second kappa shape index (κ2) is 13.0. The summed E-state index contributed by atoms with van der Waals surface area (Å²) in [7, 11) is 0. The Labute approximate surface area is 156 Å². The third-order valence-electron chi connectivity index (χ3n) is 3.99. The first-order chi connectivity index (χ1) is 12.5. The van der Waals surface area contributed by atoms with Crippen molar-refractivity contribution >= 4 is 11.9 Å². The number of carbonyl (C=O) groups excluding carboxylic acids is 1. The molecule has 0 spiro atoms. The SMILES string of the molecule is C=C(C)C(=O)OCCCCCCCCCCOc1ccc(C(=O)O)cc1. The molecule has 0 saturated heterocycles. The lowest BCUT2D eigenvalue weighted by Crippen LogP contribution is -2.05. The van der Waals surface area contributed by atoms with Crippen molar-refractivity contribution in [3.8, 4) is 5.75 Å². The zero-order chi connectivity index (χ0) is 19.2. The lowest BCUT2D eigenvalue weighted by atomic mass is 10.1. The summed E-state index contributed by atoms with van der Waals surface area (Å²) in [6, 6.07) is 6.49. The summed E-state index contributed by atoms with van der Waals surface area (Å²) in [5.74, 6) is -0.517. The minimum absolute atomic E-state index is 0.270. The maximum absolute atomic E-state index is 11.2. The van der Waals surface area contributed by atoms with Gasteiger partial charge in [-0.1, -0.05) is 45.1 Å². The molecule has 0 radical (unpaired) electrons. The second-order valence-electron chi connectivity index (χ2n) is 6.42. The van der Waals surface area contributed by atoms with Gasteiger partial charge in [0.05, 0.1) is 18.8 Å². The molecule has 0 fully saturated rings. The van der Waals surface area contributed by atoms with E-state index in [0.717, 1.165) is 32.1 Å². The van der Waals surface area contributed by atoms with Gasteiger partial charge in [0.15, 0.2) is 0 Å². The average Bonchev–Trinajstić information content (AvgIpc) is 2.62. The molecule has 0 saturated carbocycles. The van der Waals surface area contributed by atoms with Crippen LogP contribution in [0, 0.1) is 0 Å². The Morgan fingerprint density at radius 2 is 1.38 bits per heavy atom. The molecule has 0 unspecified atom stereocenters. The molecule has 0 bridgehead atoms. The van der Waals surface area contributed by atoms with Gasteiger partial charge < -0.3 is 14.6 Å². The molecule has 5 heteroatoms. The number of aromatic carboxylic acids is 1. The highest BCUT2D eigenvalue weighted by Gasteiger charge is 2.03. The summed E-state index contributed by atoms with van der Waals surface area (Å²) in [6.45, 7) is 6.34. The summed E-state index contributed by atoms with van der Waals surface area (Å²) in [4.78, 5) is 21.9. The Balaban J connectivity index is 1.90. The zero-order valence-electron chi connectivity index (χ0n) is 15.7. The Bertz CT molecular complexity index is 562. The van der Waals surface area contributed by atoms with Crippen molar-refractivity contribution in [3.63, 3.8) is 0 Å². The van der Waals surface area contributed by atoms with Crippen molar-refractivity contribution in [1.29, 1.82) is 0 Å². The van der Waals surface area contributed by atoms with Gasteiger partial charge in [0.25, 0.3) is 0 Å². The highest BCUT2D eigenvalue weighted by atomic mass is 16.5. The Morgan fingerprint density at radius 3 is 1.88 bits per heavy atom. The Hall–Kier alpha value is -2.30. The van der Waals surface area contributed by atoms with E-state index in [2.05, 4.69) is 6.58 Å². The molecule has 0 amide bonds. The number of carboxylic acid groups (broad SMARTS) is 1. The van der Waals surface area contributed by atoms with Gasteiger partial charge in [0, 0.05) is 5.57 Å². The number of ether oxygens (including phenoxy) is 2. The van der Waals surface area contributed by atoms with Crippen molar-refractivity contribution in [2.24, 2.45) is 0 Å². The number of unbranched alkanes of at least 4 members (excludes halogenated alkanes) is 7. The van der Waals surface area contributed by atoms with Crippen LogP contribution in [0.2, 0.25) is 0 Å². The predicted molar refractivity (Wildman–Crippen MR) is 102 cm³/mol. The van der Waals surface area contributed by atoms with Crippen LogP contribution in [0.4, 0.5) is 0 Å². The van der Waals surface area contributed by atoms with Crippen LogP contribution in [0.25, 0.3) is 0 Å². The van der Waals surface area contributed by atoms with Crippen molar-refractivity contribution in [1.82, 2.24) is 0 Å². The molecule has 0 atom stereocenters. The van der Waals surface area contributed by atoms with E-state index in [0.29, 0.717) is 24.5 Å². The molecule has 0 aromatic heterocycles. The van der Waals surface area contributed by atoms with Gasteiger partial charge in [-0.3, -0.25) is 0 Å². The van der Waals surface area contributed by atoms with E-state index in [1.165, 1.54) is 19.3 Å². The van der Waals surface area contributed by atoms with Gasteiger partial charge in [-0.15, -0.1) is 0 Å². The molecule has 0 aliphatic rings. The van der Waals surface area contributed by atoms with E-state index in [-0.39, 0.29) is 11.5 Å². The standard InChI is InChI=1S/C21H30O5/c1-17(2)21(24)26-16-10-8-6-4-3-5-7-9-15-25-19-13-11-18(12-14-19)20(22)23/h11-14H,1,3-10,15-16H2,2H3,(H,22,23). The Kier molecular flexibility index (Phi) is 10.9. The minimum Gasteiger partial charge on any atom is -0.494 e. The highest BCUT2D eigenvalue weighted by Crippen LogP contribution is 2.14. The van der Waals surface area contributed by atoms with Crippen molar-refractivity contribution in [2.45, 2.75) is 58.3 Å². The van der Waals surface area contributed by atoms with Crippen LogP contribution in [0.1, 0.15) is 68.6 Å². The number of hydrogen-bond donors (Lipinski definition) is 1. The van der Waals surface area contributed by atoms with Crippen LogP contribution in [-0.2, 0) is 9.53 Å². The maximum atomic E-state index is 11.2. The van der Waals surface area contributed by atoms with Gasteiger partial charge in [-0.25, -0.2) is 9.59 Å². The summed E-state index contributed by atoms with van der Waals surface area (Å²) in [5, 5.41) is 8.83. The van der Waals surface area contributed by atoms with E-state index in [4.69, 9.17) is 14.6 Å². The number of hydrogen-bond acceptors (Lipinski definition) is 4. The number of rotatable bonds is 14. The van der Waals surface area contributed by atoms with E-state index in [1.54, 1.807) is 31.2 Å². The molecule has 1 rings (SSSR count). The van der Waals surface area contributed by atoms with Gasteiger partial charge in [0.2, 0.25) is 0 Å². The molecular formula is C21H30O5. The lowest BCUT2D eigenvalue weighted by Gasteiger charge is -2.07. The molecule has 26 heavy (non-hydrogen) atoms. The van der Waals surface area contributed by atoms with Crippen LogP contribution in [0.3, 0.4) is 0 Å². The van der Waals surface area contributed by atoms with E-state index < -0.39 is 5.97 Å². The van der Waals surface area contributed by atoms with Crippen LogP contribution < -0.4 is 4.74 Å². The van der Waals surface area contributed by atoms with Gasteiger partial charge >= 0.3 is 11.9 Å². The molecular weight excluding hydrogens is 332 g/mol. The molecule has 1 aromatic carbocycles. The zero-order valence-corrected chi connectivity index (χ0v) is 15.7. The fourth-order valence-electron chi connectivity index (χ4n) is 2.44. The summed E-state index contributed by atoms with van der Waals surface area (Å²) < 4.78 is 10.7. The summed E-state index contributed by atoms with van der Waals surface area (Å²) in [6.07, 6.45) is 8.88. The molecule has 1 aromatic rings. The molecule has 1 N–H and O–H groups in total. The number of carboxylic acids is 1. The average molecular weight is 362 g/mol. The monoisotopic (exact) mass is 362 g/mol. The normalized spacial score (nSPS) is 10.3. The molecule has 0 heterocycles. The Morgan fingerprint density at radius 1 is 0.885 bits per heavy atom. The second-order valence-corrected chi connectivity index (χ2v) is 6.42. The van der Waals surface area contributed by atoms with Gasteiger partial charge in [0.1, 0.15) is 5.75 Å². The molecule has 0 aliphatic heterocycles. The van der Waals surface area contributed by atoms with Crippen LogP contribution in [-0.4, -0.2) is 30.3 Å². The predicted octanol–water partition coefficient (Wildman–Crippen LogP) is 5.00. The first kappa shape index (κ1) is 21.7. The smallest absolute Gasteiger partial charge is 0.335 e. The third-order valence-corrected chi connectivity index (χ3v) is 3.99. The van der Waals surface area contributed by atoms with Gasteiger partial charge in [-0.05, 0) is 44.0 Å². The largest absolute Gasteiger partial charge is 0.494 e. The van der Waals surface area contributed by atoms with Crippen LogP contribution in [0.15, 0.2) is 36.4 Å². The fourth-order valence-corrected chi connectivity index (χ4v) is 2.44. The first-order valence-corrected chi connectivity index (χ1v) is 9.29. The van der Waals surface area contributed by atoms with Crippen molar-refractivity contribution in [3.05, 3.63) is 42.0 Å². The molecule has 0 aliphatic carbocycles. The first-order valence-electron chi connectivity index (χ1n) is 9.29. The maximum Gasteiger partial charge on any atom is 0.335 e. The quantitative estimate of drug-likeness (QED) is 0.286. The van der Waals surface area contributed by atoms with E-state index >= 15 is 0 Å². The van der Waals surface area contributed by atoms with Crippen LogP contribution >= 0.6 is 0 Å². The number of carbonyl (C=O) groups is 2. The number of benzene rings is 1. The summed E-state index contributed by atoms with van der Waals surface area (Å²) >= 11 is 0.